The first-order valence-electron chi connectivity index (χ1n) is 6.91. The average Bonchev–Trinajstić information content (AvgIpc) is 3.09. The van der Waals surface area contributed by atoms with E-state index >= 15 is 0 Å². The number of aromatic carboxylic acids is 1. The molecule has 3 rings (SSSR count). The zero-order chi connectivity index (χ0) is 15.5. The highest BCUT2D eigenvalue weighted by molar-refractivity contribution is 7.07. The van der Waals surface area contributed by atoms with Gasteiger partial charge in [-0.2, -0.15) is 11.3 Å². The number of hydrogen-bond donors (Lipinski definition) is 1. The van der Waals surface area contributed by atoms with E-state index in [4.69, 9.17) is 9.84 Å². The lowest BCUT2D eigenvalue weighted by atomic mass is 10.1. The van der Waals surface area contributed by atoms with Gasteiger partial charge in [0, 0.05) is 12.1 Å². The number of ether oxygens (including phenoxy) is 1. The minimum Gasteiger partial charge on any atom is -0.478 e. The lowest BCUT2D eigenvalue weighted by Gasteiger charge is -2.32. The molecule has 1 saturated heterocycles. The number of hydrogen-bond acceptors (Lipinski definition) is 4. The van der Waals surface area contributed by atoms with Crippen molar-refractivity contribution in [2.24, 2.45) is 0 Å². The van der Waals surface area contributed by atoms with Crippen LogP contribution in [0.3, 0.4) is 0 Å². The van der Waals surface area contributed by atoms with Crippen LogP contribution >= 0.6 is 11.3 Å². The molecular formula is C16H15NO4S. The van der Waals surface area contributed by atoms with Gasteiger partial charge in [-0.15, -0.1) is 0 Å². The van der Waals surface area contributed by atoms with Crippen LogP contribution in [0.2, 0.25) is 0 Å². The number of nitrogens with zero attached hydrogens (tertiary/aromatic N) is 1. The summed E-state index contributed by atoms with van der Waals surface area (Å²) in [7, 11) is 0. The van der Waals surface area contributed by atoms with Gasteiger partial charge < -0.3 is 14.7 Å². The number of carbonyl (C=O) groups excluding carboxylic acids is 1. The Morgan fingerprint density at radius 3 is 2.55 bits per heavy atom. The van der Waals surface area contributed by atoms with Crippen LogP contribution < -0.4 is 0 Å². The molecule has 1 aliphatic heterocycles. The maximum atomic E-state index is 12.5. The monoisotopic (exact) mass is 317 g/mol. The molecule has 22 heavy (non-hydrogen) atoms. The molecule has 2 heterocycles. The largest absolute Gasteiger partial charge is 0.478 e. The van der Waals surface area contributed by atoms with Gasteiger partial charge in [-0.05, 0) is 46.7 Å². The first kappa shape index (κ1) is 14.7. The number of thiophene rings is 1. The van der Waals surface area contributed by atoms with Crippen molar-refractivity contribution < 1.29 is 19.4 Å². The third-order valence-electron chi connectivity index (χ3n) is 3.65. The Morgan fingerprint density at radius 1 is 1.18 bits per heavy atom. The van der Waals surface area contributed by atoms with Gasteiger partial charge in [0.1, 0.15) is 6.10 Å². The van der Waals surface area contributed by atoms with Crippen LogP contribution in [0.1, 0.15) is 32.4 Å². The van der Waals surface area contributed by atoms with Crippen LogP contribution in [-0.4, -0.2) is 41.6 Å². The Balaban J connectivity index is 1.72. The number of carboxylic acid groups (broad SMARTS) is 1. The topological polar surface area (TPSA) is 66.8 Å². The number of rotatable bonds is 3. The summed E-state index contributed by atoms with van der Waals surface area (Å²) >= 11 is 1.60. The third-order valence-corrected chi connectivity index (χ3v) is 4.35. The van der Waals surface area contributed by atoms with Gasteiger partial charge in [0.05, 0.1) is 18.7 Å². The summed E-state index contributed by atoms with van der Waals surface area (Å²) in [5, 5.41) is 12.9. The molecule has 114 valence electrons. The van der Waals surface area contributed by atoms with Crippen LogP contribution in [-0.2, 0) is 4.74 Å². The highest BCUT2D eigenvalue weighted by atomic mass is 32.1. The number of carbonyl (C=O) groups is 2. The molecule has 1 amide bonds. The van der Waals surface area contributed by atoms with Crippen LogP contribution in [0.25, 0.3) is 0 Å². The second-order valence-corrected chi connectivity index (χ2v) is 5.83. The molecule has 1 aromatic heterocycles. The lowest BCUT2D eigenvalue weighted by molar-refractivity contribution is -0.0226. The SMILES string of the molecule is O=C(O)c1ccc(C(=O)N2CCOC(c3ccsc3)C2)cc1. The predicted molar refractivity (Wildman–Crippen MR) is 82.3 cm³/mol. The van der Waals surface area contributed by atoms with Crippen molar-refractivity contribution in [2.45, 2.75) is 6.10 Å². The molecule has 2 aromatic rings. The lowest BCUT2D eigenvalue weighted by Crippen LogP contribution is -2.42. The molecule has 0 spiro atoms. The molecule has 1 atom stereocenters. The van der Waals surface area contributed by atoms with Crippen molar-refractivity contribution in [3.05, 3.63) is 57.8 Å². The molecule has 6 heteroatoms. The molecule has 1 aromatic carbocycles. The number of morpholine rings is 1. The van der Waals surface area contributed by atoms with Crippen LogP contribution in [0.4, 0.5) is 0 Å². The van der Waals surface area contributed by atoms with Gasteiger partial charge in [-0.25, -0.2) is 4.79 Å². The predicted octanol–water partition coefficient (Wildman–Crippen LogP) is 2.66. The van der Waals surface area contributed by atoms with Gasteiger partial charge in [-0.1, -0.05) is 0 Å². The Morgan fingerprint density at radius 2 is 1.91 bits per heavy atom. The highest BCUT2D eigenvalue weighted by Gasteiger charge is 2.26. The maximum Gasteiger partial charge on any atom is 0.335 e. The Kier molecular flexibility index (Phi) is 4.22. The van der Waals surface area contributed by atoms with E-state index < -0.39 is 5.97 Å². The Bertz CT molecular complexity index is 666. The molecule has 5 nitrogen and oxygen atoms in total. The van der Waals surface area contributed by atoms with Crippen molar-refractivity contribution in [2.75, 3.05) is 19.7 Å². The van der Waals surface area contributed by atoms with E-state index in [1.807, 2.05) is 16.8 Å². The zero-order valence-corrected chi connectivity index (χ0v) is 12.6. The maximum absolute atomic E-state index is 12.5. The van der Waals surface area contributed by atoms with E-state index in [2.05, 4.69) is 0 Å². The van der Waals surface area contributed by atoms with E-state index in [0.29, 0.717) is 25.3 Å². The number of carboxylic acids is 1. The van der Waals surface area contributed by atoms with Crippen molar-refractivity contribution in [1.82, 2.24) is 4.90 Å². The Hall–Kier alpha value is -2.18. The summed E-state index contributed by atoms with van der Waals surface area (Å²) in [5.41, 5.74) is 1.76. The first-order valence-corrected chi connectivity index (χ1v) is 7.86. The van der Waals surface area contributed by atoms with Gasteiger partial charge in [0.2, 0.25) is 0 Å². The summed E-state index contributed by atoms with van der Waals surface area (Å²) in [5.74, 6) is -1.09. The van der Waals surface area contributed by atoms with Crippen molar-refractivity contribution in [1.29, 1.82) is 0 Å². The van der Waals surface area contributed by atoms with Crippen LogP contribution in [0.5, 0.6) is 0 Å². The van der Waals surface area contributed by atoms with E-state index in [9.17, 15) is 9.59 Å². The zero-order valence-electron chi connectivity index (χ0n) is 11.8. The molecule has 1 aliphatic rings. The standard InChI is InChI=1S/C16H15NO4S/c18-15(11-1-3-12(4-2-11)16(19)20)17-6-7-21-14(9-17)13-5-8-22-10-13/h1-5,8,10,14H,6-7,9H2,(H,19,20). The minimum absolute atomic E-state index is 0.0951. The van der Waals surface area contributed by atoms with Gasteiger partial charge in [0.15, 0.2) is 0 Å². The molecular weight excluding hydrogens is 302 g/mol. The van der Waals surface area contributed by atoms with Crippen molar-refractivity contribution in [3.63, 3.8) is 0 Å². The Labute approximate surface area is 131 Å². The smallest absolute Gasteiger partial charge is 0.335 e. The third kappa shape index (κ3) is 3.03. The van der Waals surface area contributed by atoms with Crippen molar-refractivity contribution in [3.8, 4) is 0 Å². The molecule has 1 fully saturated rings. The second kappa shape index (κ2) is 6.29. The molecule has 0 aliphatic carbocycles. The van der Waals surface area contributed by atoms with Crippen molar-refractivity contribution >= 4 is 23.2 Å². The first-order chi connectivity index (χ1) is 10.6. The second-order valence-electron chi connectivity index (χ2n) is 5.05. The number of benzene rings is 1. The summed E-state index contributed by atoms with van der Waals surface area (Å²) in [6, 6.07) is 8.02. The summed E-state index contributed by atoms with van der Waals surface area (Å²) in [4.78, 5) is 25.1. The summed E-state index contributed by atoms with van der Waals surface area (Å²) in [6.45, 7) is 1.55. The van der Waals surface area contributed by atoms with Gasteiger partial charge >= 0.3 is 5.97 Å². The van der Waals surface area contributed by atoms with Crippen LogP contribution in [0.15, 0.2) is 41.1 Å². The van der Waals surface area contributed by atoms with Gasteiger partial charge in [0.25, 0.3) is 5.91 Å². The van der Waals surface area contributed by atoms with E-state index in [0.717, 1.165) is 5.56 Å². The van der Waals surface area contributed by atoms with E-state index in [1.54, 1.807) is 28.4 Å². The minimum atomic E-state index is -0.997. The van der Waals surface area contributed by atoms with E-state index in [-0.39, 0.29) is 17.6 Å². The molecule has 1 unspecified atom stereocenters. The fraction of sp³-hybridized carbons (Fsp3) is 0.250. The average molecular weight is 317 g/mol. The van der Waals surface area contributed by atoms with Crippen LogP contribution in [0, 0.1) is 0 Å². The summed E-state index contributed by atoms with van der Waals surface area (Å²) < 4.78 is 5.72. The highest BCUT2D eigenvalue weighted by Crippen LogP contribution is 2.25. The molecule has 0 saturated carbocycles. The normalized spacial score (nSPS) is 18.2. The number of amides is 1. The van der Waals surface area contributed by atoms with E-state index in [1.165, 1.54) is 12.1 Å². The molecule has 1 N–H and O–H groups in total. The fourth-order valence-electron chi connectivity index (χ4n) is 2.43. The van der Waals surface area contributed by atoms with Gasteiger partial charge in [-0.3, -0.25) is 4.79 Å². The fourth-order valence-corrected chi connectivity index (χ4v) is 3.13. The summed E-state index contributed by atoms with van der Waals surface area (Å²) in [6.07, 6.45) is -0.0951. The quantitative estimate of drug-likeness (QED) is 0.945. The molecule has 0 bridgehead atoms. The molecule has 0 radical (unpaired) electrons.